The van der Waals surface area contributed by atoms with Crippen LogP contribution in [0.4, 0.5) is 5.95 Å². The highest BCUT2D eigenvalue weighted by Crippen LogP contribution is 2.19. The molecule has 0 spiro atoms. The molecule has 0 unspecified atom stereocenters. The van der Waals surface area contributed by atoms with Crippen LogP contribution in [-0.2, 0) is 6.54 Å². The molecule has 0 bridgehead atoms. The molecule has 1 aliphatic heterocycles. The van der Waals surface area contributed by atoms with Gasteiger partial charge in [-0.2, -0.15) is 0 Å². The van der Waals surface area contributed by atoms with Crippen molar-refractivity contribution in [3.63, 3.8) is 0 Å². The fourth-order valence-electron chi connectivity index (χ4n) is 2.74. The molecule has 2 aromatic rings. The minimum Gasteiger partial charge on any atom is -0.351 e. The van der Waals surface area contributed by atoms with Gasteiger partial charge in [0.15, 0.2) is 5.96 Å². The number of piperazine rings is 1. The van der Waals surface area contributed by atoms with Gasteiger partial charge in [0, 0.05) is 56.9 Å². The number of thiazole rings is 1. The van der Waals surface area contributed by atoms with Crippen LogP contribution in [-0.4, -0.2) is 59.0 Å². The first-order valence-electron chi connectivity index (χ1n) is 8.59. The van der Waals surface area contributed by atoms with Gasteiger partial charge in [-0.25, -0.2) is 15.0 Å². The average molecular weight is 360 g/mol. The van der Waals surface area contributed by atoms with Gasteiger partial charge >= 0.3 is 0 Å². The Hall–Kier alpha value is -2.22. The number of rotatable bonds is 4. The van der Waals surface area contributed by atoms with E-state index in [-0.39, 0.29) is 0 Å². The smallest absolute Gasteiger partial charge is 0.225 e. The number of nitrogens with zero attached hydrogens (tertiary/aromatic N) is 6. The van der Waals surface area contributed by atoms with Gasteiger partial charge in [-0.15, -0.1) is 11.3 Å². The van der Waals surface area contributed by atoms with Crippen LogP contribution in [0.3, 0.4) is 0 Å². The monoisotopic (exact) mass is 359 g/mol. The van der Waals surface area contributed by atoms with Crippen molar-refractivity contribution in [3.8, 4) is 0 Å². The predicted octanol–water partition coefficient (Wildman–Crippen LogP) is 1.95. The molecule has 2 aromatic heterocycles. The van der Waals surface area contributed by atoms with E-state index in [0.717, 1.165) is 43.8 Å². The zero-order valence-electron chi connectivity index (χ0n) is 15.0. The third-order valence-corrected chi connectivity index (χ3v) is 5.31. The van der Waals surface area contributed by atoms with Gasteiger partial charge in [-0.05, 0) is 6.07 Å². The third-order valence-electron chi connectivity index (χ3n) is 4.12. The molecule has 3 heterocycles. The number of aromatic nitrogens is 3. The maximum Gasteiger partial charge on any atom is 0.225 e. The first kappa shape index (κ1) is 17.6. The molecule has 8 heteroatoms. The molecular formula is C17H25N7S. The van der Waals surface area contributed by atoms with Crippen LogP contribution in [0.15, 0.2) is 28.8 Å². The Morgan fingerprint density at radius 3 is 2.56 bits per heavy atom. The van der Waals surface area contributed by atoms with Gasteiger partial charge in [-0.3, -0.25) is 4.99 Å². The summed E-state index contributed by atoms with van der Waals surface area (Å²) < 4.78 is 0. The van der Waals surface area contributed by atoms with Gasteiger partial charge in [-0.1, -0.05) is 13.8 Å². The summed E-state index contributed by atoms with van der Waals surface area (Å²) in [6.07, 6.45) is 3.57. The van der Waals surface area contributed by atoms with E-state index in [0.29, 0.717) is 12.5 Å². The molecule has 7 nitrogen and oxygen atoms in total. The Bertz CT molecular complexity index is 690. The second-order valence-corrected chi connectivity index (χ2v) is 7.15. The molecule has 0 saturated carbocycles. The molecule has 0 atom stereocenters. The topological polar surface area (TPSA) is 69.5 Å². The maximum atomic E-state index is 4.67. The second kappa shape index (κ2) is 8.24. The summed E-state index contributed by atoms with van der Waals surface area (Å²) in [5.41, 5.74) is 1.08. The lowest BCUT2D eigenvalue weighted by molar-refractivity contribution is 0.370. The van der Waals surface area contributed by atoms with E-state index < -0.39 is 0 Å². The Kier molecular flexibility index (Phi) is 5.80. The van der Waals surface area contributed by atoms with E-state index in [9.17, 15) is 0 Å². The summed E-state index contributed by atoms with van der Waals surface area (Å²) in [4.78, 5) is 22.2. The van der Waals surface area contributed by atoms with E-state index in [4.69, 9.17) is 0 Å². The Morgan fingerprint density at radius 2 is 1.96 bits per heavy atom. The molecule has 0 radical (unpaired) electrons. The van der Waals surface area contributed by atoms with Gasteiger partial charge in [0.05, 0.1) is 17.2 Å². The zero-order chi connectivity index (χ0) is 17.6. The van der Waals surface area contributed by atoms with E-state index in [1.807, 2.05) is 13.1 Å². The van der Waals surface area contributed by atoms with Gasteiger partial charge in [0.1, 0.15) is 0 Å². The number of hydrogen-bond acceptors (Lipinski definition) is 6. The normalized spacial score (nSPS) is 15.8. The lowest BCUT2D eigenvalue weighted by Crippen LogP contribution is -2.52. The van der Waals surface area contributed by atoms with E-state index in [1.165, 1.54) is 5.01 Å². The number of guanidine groups is 1. The summed E-state index contributed by atoms with van der Waals surface area (Å²) in [5.74, 6) is 2.20. The highest BCUT2D eigenvalue weighted by atomic mass is 32.1. The van der Waals surface area contributed by atoms with Crippen molar-refractivity contribution in [2.75, 3.05) is 38.1 Å². The molecule has 0 amide bonds. The quantitative estimate of drug-likeness (QED) is 0.665. The summed E-state index contributed by atoms with van der Waals surface area (Å²) in [6.45, 7) is 8.62. The van der Waals surface area contributed by atoms with Crippen molar-refractivity contribution in [3.05, 3.63) is 34.5 Å². The summed E-state index contributed by atoms with van der Waals surface area (Å²) >= 11 is 1.73. The number of anilines is 1. The minimum atomic E-state index is 0.478. The van der Waals surface area contributed by atoms with Crippen LogP contribution in [0, 0.1) is 0 Å². The molecular weight excluding hydrogens is 334 g/mol. The van der Waals surface area contributed by atoms with Crippen molar-refractivity contribution in [2.45, 2.75) is 26.3 Å². The Labute approximate surface area is 152 Å². The first-order chi connectivity index (χ1) is 12.2. The summed E-state index contributed by atoms with van der Waals surface area (Å²) in [6, 6.07) is 1.84. The van der Waals surface area contributed by atoms with Gasteiger partial charge in [0.25, 0.3) is 0 Å². The SMILES string of the molecule is CN=C(NCc1csc(C(C)C)n1)N1CCN(c2ncccn2)CC1. The van der Waals surface area contributed by atoms with Gasteiger partial charge < -0.3 is 15.1 Å². The predicted molar refractivity (Wildman–Crippen MR) is 102 cm³/mol. The van der Waals surface area contributed by atoms with Crippen LogP contribution in [0.25, 0.3) is 0 Å². The van der Waals surface area contributed by atoms with Crippen LogP contribution in [0.1, 0.15) is 30.5 Å². The fraction of sp³-hybridized carbons (Fsp3) is 0.529. The lowest BCUT2D eigenvalue weighted by atomic mass is 10.2. The van der Waals surface area contributed by atoms with Crippen LogP contribution < -0.4 is 10.2 Å². The number of nitrogens with one attached hydrogen (secondary N) is 1. The van der Waals surface area contributed by atoms with Crippen LogP contribution in [0.2, 0.25) is 0 Å². The average Bonchev–Trinajstić information content (AvgIpc) is 3.13. The Morgan fingerprint density at radius 1 is 1.24 bits per heavy atom. The maximum absolute atomic E-state index is 4.67. The van der Waals surface area contributed by atoms with Crippen molar-refractivity contribution in [2.24, 2.45) is 4.99 Å². The summed E-state index contributed by atoms with van der Waals surface area (Å²) in [7, 11) is 1.83. The highest BCUT2D eigenvalue weighted by Gasteiger charge is 2.21. The first-order valence-corrected chi connectivity index (χ1v) is 9.47. The minimum absolute atomic E-state index is 0.478. The fourth-order valence-corrected chi connectivity index (χ4v) is 3.58. The highest BCUT2D eigenvalue weighted by molar-refractivity contribution is 7.09. The molecule has 1 fully saturated rings. The van der Waals surface area contributed by atoms with E-state index in [2.05, 4.69) is 54.3 Å². The van der Waals surface area contributed by atoms with E-state index in [1.54, 1.807) is 23.7 Å². The van der Waals surface area contributed by atoms with Crippen molar-refractivity contribution in [1.82, 2.24) is 25.2 Å². The second-order valence-electron chi connectivity index (χ2n) is 6.26. The standard InChI is InChI=1S/C17H25N7S/c1-13(2)15-22-14(12-25-15)11-21-16(18-3)23-7-9-24(10-8-23)17-19-5-4-6-20-17/h4-6,12-13H,7-11H2,1-3H3,(H,18,21). The number of hydrogen-bond donors (Lipinski definition) is 1. The molecule has 0 aromatic carbocycles. The van der Waals surface area contributed by atoms with Crippen molar-refractivity contribution < 1.29 is 0 Å². The van der Waals surface area contributed by atoms with E-state index >= 15 is 0 Å². The molecule has 1 N–H and O–H groups in total. The molecule has 134 valence electrons. The molecule has 25 heavy (non-hydrogen) atoms. The van der Waals surface area contributed by atoms with Crippen LogP contribution >= 0.6 is 11.3 Å². The zero-order valence-corrected chi connectivity index (χ0v) is 15.8. The van der Waals surface area contributed by atoms with Crippen molar-refractivity contribution >= 4 is 23.2 Å². The van der Waals surface area contributed by atoms with Gasteiger partial charge in [0.2, 0.25) is 5.95 Å². The summed E-state index contributed by atoms with van der Waals surface area (Å²) in [5, 5.41) is 6.74. The number of aliphatic imine (C=N–C) groups is 1. The van der Waals surface area contributed by atoms with Crippen molar-refractivity contribution in [1.29, 1.82) is 0 Å². The third kappa shape index (κ3) is 4.45. The molecule has 3 rings (SSSR count). The largest absolute Gasteiger partial charge is 0.351 e. The molecule has 1 aliphatic rings. The van der Waals surface area contributed by atoms with Crippen LogP contribution in [0.5, 0.6) is 0 Å². The molecule has 1 saturated heterocycles. The Balaban J connectivity index is 1.52. The lowest BCUT2D eigenvalue weighted by Gasteiger charge is -2.36. The molecule has 0 aliphatic carbocycles.